The lowest BCUT2D eigenvalue weighted by atomic mass is 10.2. The maximum Gasteiger partial charge on any atom is 0.277 e. The summed E-state index contributed by atoms with van der Waals surface area (Å²) in [5.74, 6) is -0.521. The highest BCUT2D eigenvalue weighted by molar-refractivity contribution is 6.05. The van der Waals surface area contributed by atoms with E-state index < -0.39 is 17.6 Å². The van der Waals surface area contributed by atoms with Gasteiger partial charge in [-0.05, 0) is 31.2 Å². The number of carbonyl (C=O) groups is 2. The third-order valence-corrected chi connectivity index (χ3v) is 3.36. The first-order valence-corrected chi connectivity index (χ1v) is 8.11. The predicted molar refractivity (Wildman–Crippen MR) is 99.4 cm³/mol. The molecule has 0 fully saturated rings. The van der Waals surface area contributed by atoms with Gasteiger partial charge in [0.1, 0.15) is 5.82 Å². The van der Waals surface area contributed by atoms with E-state index in [1.165, 1.54) is 25.3 Å². The third kappa shape index (κ3) is 6.43. The van der Waals surface area contributed by atoms with Crippen LogP contribution in [-0.2, 0) is 9.59 Å². The van der Waals surface area contributed by atoms with Crippen molar-refractivity contribution in [2.45, 2.75) is 13.3 Å². The average molecular weight is 373 g/mol. The van der Waals surface area contributed by atoms with Crippen molar-refractivity contribution in [2.24, 2.45) is 5.10 Å². The summed E-state index contributed by atoms with van der Waals surface area (Å²) >= 11 is 0. The Kier molecular flexibility index (Phi) is 7.30. The van der Waals surface area contributed by atoms with Crippen molar-refractivity contribution in [2.75, 3.05) is 19.0 Å². The number of anilines is 1. The number of hydrogen-bond acceptors (Lipinski definition) is 5. The lowest BCUT2D eigenvalue weighted by Crippen LogP contribution is -2.26. The molecule has 27 heavy (non-hydrogen) atoms. The van der Waals surface area contributed by atoms with Crippen molar-refractivity contribution in [3.05, 3.63) is 54.3 Å². The first-order valence-electron chi connectivity index (χ1n) is 8.11. The van der Waals surface area contributed by atoms with E-state index in [1.807, 2.05) is 0 Å². The van der Waals surface area contributed by atoms with E-state index in [4.69, 9.17) is 9.47 Å². The minimum absolute atomic E-state index is 0.0875. The van der Waals surface area contributed by atoms with Crippen LogP contribution in [-0.4, -0.2) is 31.2 Å². The maximum absolute atomic E-state index is 13.5. The number of hydrogen-bond donors (Lipinski definition) is 2. The molecular weight excluding hydrogens is 353 g/mol. The molecule has 2 N–H and O–H groups in total. The Hall–Kier alpha value is -3.42. The van der Waals surface area contributed by atoms with E-state index in [2.05, 4.69) is 15.8 Å². The molecule has 2 aromatic rings. The van der Waals surface area contributed by atoms with Crippen LogP contribution < -0.4 is 20.2 Å². The van der Waals surface area contributed by atoms with Crippen LogP contribution in [0.2, 0.25) is 0 Å². The minimum atomic E-state index is -0.526. The van der Waals surface area contributed by atoms with Crippen molar-refractivity contribution in [1.82, 2.24) is 5.43 Å². The number of benzene rings is 2. The van der Waals surface area contributed by atoms with Gasteiger partial charge >= 0.3 is 0 Å². The highest BCUT2D eigenvalue weighted by Crippen LogP contribution is 2.25. The lowest BCUT2D eigenvalue weighted by molar-refractivity contribution is -0.123. The van der Waals surface area contributed by atoms with Crippen molar-refractivity contribution in [3.8, 4) is 11.5 Å². The van der Waals surface area contributed by atoms with Gasteiger partial charge in [-0.25, -0.2) is 9.82 Å². The monoisotopic (exact) mass is 373 g/mol. The second-order valence-electron chi connectivity index (χ2n) is 5.53. The standard InChI is InChI=1S/C19H20FN3O4/c1-13(11-18(24)21-15-8-4-3-7-14(15)20)22-23-19(25)12-27-17-10-6-5-9-16(17)26-2/h3-10H,11-12H2,1-2H3,(H,21,24)(H,23,25)/b22-13+. The van der Waals surface area contributed by atoms with E-state index >= 15 is 0 Å². The molecule has 0 saturated heterocycles. The van der Waals surface area contributed by atoms with Crippen LogP contribution in [0, 0.1) is 5.82 Å². The number of hydrazone groups is 1. The highest BCUT2D eigenvalue weighted by atomic mass is 19.1. The van der Waals surface area contributed by atoms with Gasteiger partial charge in [-0.2, -0.15) is 5.10 Å². The van der Waals surface area contributed by atoms with Gasteiger partial charge in [-0.3, -0.25) is 9.59 Å². The molecule has 0 aliphatic heterocycles. The van der Waals surface area contributed by atoms with Crippen molar-refractivity contribution < 1.29 is 23.5 Å². The van der Waals surface area contributed by atoms with Crippen LogP contribution in [0.15, 0.2) is 53.6 Å². The molecule has 0 aliphatic carbocycles. The fourth-order valence-corrected chi connectivity index (χ4v) is 2.10. The summed E-state index contributed by atoms with van der Waals surface area (Å²) in [6, 6.07) is 12.8. The number of halogens is 1. The first-order chi connectivity index (χ1) is 13.0. The molecule has 0 spiro atoms. The molecule has 0 heterocycles. The zero-order chi connectivity index (χ0) is 19.6. The van der Waals surface area contributed by atoms with Gasteiger partial charge in [-0.1, -0.05) is 24.3 Å². The normalized spacial score (nSPS) is 10.9. The van der Waals surface area contributed by atoms with Crippen LogP contribution in [0.1, 0.15) is 13.3 Å². The van der Waals surface area contributed by atoms with E-state index in [-0.39, 0.29) is 18.7 Å². The molecule has 2 rings (SSSR count). The molecule has 7 nitrogen and oxygen atoms in total. The molecule has 0 atom stereocenters. The molecule has 2 aromatic carbocycles. The topological polar surface area (TPSA) is 89.0 Å². The highest BCUT2D eigenvalue weighted by Gasteiger charge is 2.09. The van der Waals surface area contributed by atoms with E-state index in [0.29, 0.717) is 17.2 Å². The minimum Gasteiger partial charge on any atom is -0.493 e. The van der Waals surface area contributed by atoms with Gasteiger partial charge in [0.2, 0.25) is 5.91 Å². The van der Waals surface area contributed by atoms with Crippen LogP contribution in [0.4, 0.5) is 10.1 Å². The quantitative estimate of drug-likeness (QED) is 0.550. The van der Waals surface area contributed by atoms with Gasteiger partial charge < -0.3 is 14.8 Å². The molecule has 0 saturated carbocycles. The molecule has 0 unspecified atom stereocenters. The van der Waals surface area contributed by atoms with Gasteiger partial charge in [0.25, 0.3) is 5.91 Å². The van der Waals surface area contributed by atoms with Gasteiger partial charge in [0.15, 0.2) is 18.1 Å². The maximum atomic E-state index is 13.5. The van der Waals surface area contributed by atoms with Crippen LogP contribution in [0.3, 0.4) is 0 Å². The fraction of sp³-hybridized carbons (Fsp3) is 0.211. The van der Waals surface area contributed by atoms with E-state index in [0.717, 1.165) is 0 Å². The second kappa shape index (κ2) is 9.91. The number of methoxy groups -OCH3 is 1. The number of rotatable bonds is 8. The smallest absolute Gasteiger partial charge is 0.277 e. The van der Waals surface area contributed by atoms with E-state index in [9.17, 15) is 14.0 Å². The number of nitrogens with zero attached hydrogens (tertiary/aromatic N) is 1. The molecule has 8 heteroatoms. The van der Waals surface area contributed by atoms with E-state index in [1.54, 1.807) is 37.3 Å². The number of para-hydroxylation sites is 3. The molecule has 2 amide bonds. The predicted octanol–water partition coefficient (Wildman–Crippen LogP) is 2.73. The lowest BCUT2D eigenvalue weighted by Gasteiger charge is -2.09. The molecule has 0 aromatic heterocycles. The number of nitrogens with one attached hydrogen (secondary N) is 2. The Morgan fingerprint density at radius 1 is 1.04 bits per heavy atom. The average Bonchev–Trinajstić information content (AvgIpc) is 2.66. The summed E-state index contributed by atoms with van der Waals surface area (Å²) < 4.78 is 24.0. The Morgan fingerprint density at radius 2 is 1.70 bits per heavy atom. The summed E-state index contributed by atoms with van der Waals surface area (Å²) in [6.07, 6.45) is -0.0953. The summed E-state index contributed by atoms with van der Waals surface area (Å²) in [4.78, 5) is 23.7. The molecule has 0 bridgehead atoms. The zero-order valence-corrected chi connectivity index (χ0v) is 15.0. The Morgan fingerprint density at radius 3 is 2.41 bits per heavy atom. The van der Waals surface area contributed by atoms with Crippen LogP contribution in [0.25, 0.3) is 0 Å². The Balaban J connectivity index is 1.79. The van der Waals surface area contributed by atoms with Crippen LogP contribution >= 0.6 is 0 Å². The summed E-state index contributed by atoms with van der Waals surface area (Å²) in [6.45, 7) is 1.31. The summed E-state index contributed by atoms with van der Waals surface area (Å²) in [5.41, 5.74) is 2.74. The Labute approximate surface area is 156 Å². The SMILES string of the molecule is COc1ccccc1OCC(=O)N/N=C(\C)CC(=O)Nc1ccccc1F. The van der Waals surface area contributed by atoms with Gasteiger partial charge in [0, 0.05) is 5.71 Å². The molecule has 0 aliphatic rings. The number of carbonyl (C=O) groups excluding carboxylic acids is 2. The zero-order valence-electron chi connectivity index (χ0n) is 15.0. The van der Waals surface area contributed by atoms with Crippen LogP contribution in [0.5, 0.6) is 11.5 Å². The first kappa shape index (κ1) is 19.9. The van der Waals surface area contributed by atoms with Crippen molar-refractivity contribution >= 4 is 23.2 Å². The number of ether oxygens (including phenoxy) is 2. The van der Waals surface area contributed by atoms with Gasteiger partial charge in [0.05, 0.1) is 19.2 Å². The second-order valence-corrected chi connectivity index (χ2v) is 5.53. The van der Waals surface area contributed by atoms with Crippen molar-refractivity contribution in [3.63, 3.8) is 0 Å². The molecule has 142 valence electrons. The number of amides is 2. The summed E-state index contributed by atoms with van der Waals surface area (Å²) in [7, 11) is 1.50. The fourth-order valence-electron chi connectivity index (χ4n) is 2.10. The Bertz CT molecular complexity index is 839. The molecular formula is C19H20FN3O4. The van der Waals surface area contributed by atoms with Gasteiger partial charge in [-0.15, -0.1) is 0 Å². The largest absolute Gasteiger partial charge is 0.493 e. The molecule has 0 radical (unpaired) electrons. The third-order valence-electron chi connectivity index (χ3n) is 3.36. The van der Waals surface area contributed by atoms with Crippen molar-refractivity contribution in [1.29, 1.82) is 0 Å². The summed E-state index contributed by atoms with van der Waals surface area (Å²) in [5, 5.41) is 6.28.